The molecule has 0 N–H and O–H groups in total. The average molecular weight is 392 g/mol. The molecule has 0 saturated carbocycles. The van der Waals surface area contributed by atoms with Crippen LogP contribution in [0.1, 0.15) is 45.4 Å². The number of nitrogens with zero attached hydrogens (tertiary/aromatic N) is 1. The third kappa shape index (κ3) is 13.1. The molecular weight excluding hydrogens is 365 g/mol. The van der Waals surface area contributed by atoms with Gasteiger partial charge in [0.1, 0.15) is 0 Å². The Labute approximate surface area is 122 Å². The van der Waals surface area contributed by atoms with E-state index in [0.717, 1.165) is 5.33 Å². The lowest BCUT2D eigenvalue weighted by Crippen LogP contribution is -3.00. The van der Waals surface area contributed by atoms with Gasteiger partial charge in [0.05, 0.1) is 27.2 Å². The maximum Gasteiger partial charge on any atom is 0.0790 e. The molecule has 0 fully saturated rings. The van der Waals surface area contributed by atoms with E-state index in [1.807, 2.05) is 0 Å². The van der Waals surface area contributed by atoms with Crippen molar-refractivity contribution in [2.75, 3.05) is 32.5 Å². The number of hydrogen-bond acceptors (Lipinski definition) is 0. The minimum absolute atomic E-state index is 0. The lowest BCUT2D eigenvalue weighted by molar-refractivity contribution is -0.890. The molecule has 0 amide bonds. The van der Waals surface area contributed by atoms with E-state index in [2.05, 4.69) is 36.9 Å². The van der Waals surface area contributed by atoms with Gasteiger partial charge in [-0.05, 0) is 12.8 Å². The summed E-state index contributed by atoms with van der Waals surface area (Å²) in [5.41, 5.74) is 0. The Kier molecular flexibility index (Phi) is 14.4. The Morgan fingerprint density at radius 2 is 1.40 bits per heavy atom. The number of halogens is 2. The van der Waals surface area contributed by atoms with Crippen molar-refractivity contribution in [2.45, 2.75) is 45.4 Å². The van der Waals surface area contributed by atoms with Crippen LogP contribution in [0.2, 0.25) is 0 Å². The Balaban J connectivity index is 0. The van der Waals surface area contributed by atoms with Gasteiger partial charge >= 0.3 is 0 Å². The van der Waals surface area contributed by atoms with Gasteiger partial charge in [0.25, 0.3) is 0 Å². The van der Waals surface area contributed by atoms with E-state index in [9.17, 15) is 0 Å². The van der Waals surface area contributed by atoms with Gasteiger partial charge in [-0.2, -0.15) is 0 Å². The standard InChI is InChI=1S/C12H27BrN.HI/c1-4-5-6-7-8-11-14(2,3)12-9-10-13;/h4-12H2,1-3H3;1H/q+1;/p-1. The highest BCUT2D eigenvalue weighted by molar-refractivity contribution is 9.09. The first kappa shape index (κ1) is 18.5. The molecule has 94 valence electrons. The van der Waals surface area contributed by atoms with E-state index in [1.165, 1.54) is 56.1 Å². The van der Waals surface area contributed by atoms with Crippen molar-refractivity contribution in [3.05, 3.63) is 0 Å². The van der Waals surface area contributed by atoms with Gasteiger partial charge in [-0.25, -0.2) is 0 Å². The van der Waals surface area contributed by atoms with Crippen molar-refractivity contribution in [3.63, 3.8) is 0 Å². The van der Waals surface area contributed by atoms with Crippen molar-refractivity contribution < 1.29 is 28.5 Å². The van der Waals surface area contributed by atoms with Crippen molar-refractivity contribution in [1.29, 1.82) is 0 Å². The Morgan fingerprint density at radius 1 is 0.867 bits per heavy atom. The molecule has 0 aromatic rings. The molecule has 0 aliphatic heterocycles. The highest BCUT2D eigenvalue weighted by Crippen LogP contribution is 2.08. The second kappa shape index (κ2) is 11.6. The molecule has 0 aliphatic rings. The van der Waals surface area contributed by atoms with Gasteiger partial charge in [-0.15, -0.1) is 0 Å². The highest BCUT2D eigenvalue weighted by Gasteiger charge is 2.12. The first-order chi connectivity index (χ1) is 6.62. The third-order valence-corrected chi connectivity index (χ3v) is 3.32. The lowest BCUT2D eigenvalue weighted by atomic mass is 10.1. The lowest BCUT2D eigenvalue weighted by Gasteiger charge is -2.29. The van der Waals surface area contributed by atoms with E-state index in [0.29, 0.717) is 0 Å². The fourth-order valence-electron chi connectivity index (χ4n) is 1.74. The second-order valence-corrected chi connectivity index (χ2v) is 5.63. The van der Waals surface area contributed by atoms with Crippen molar-refractivity contribution in [2.24, 2.45) is 0 Å². The van der Waals surface area contributed by atoms with Crippen LogP contribution in [0.3, 0.4) is 0 Å². The average Bonchev–Trinajstić information content (AvgIpc) is 2.15. The molecular formula is C12H27BrIN. The summed E-state index contributed by atoms with van der Waals surface area (Å²) in [6.07, 6.45) is 8.30. The maximum atomic E-state index is 3.49. The number of rotatable bonds is 9. The molecule has 0 rings (SSSR count). The summed E-state index contributed by atoms with van der Waals surface area (Å²) < 4.78 is 1.19. The minimum Gasteiger partial charge on any atom is -1.00 e. The molecule has 0 heterocycles. The largest absolute Gasteiger partial charge is 1.00 e. The normalized spacial score (nSPS) is 11.2. The summed E-state index contributed by atoms with van der Waals surface area (Å²) in [4.78, 5) is 0. The van der Waals surface area contributed by atoms with Crippen LogP contribution >= 0.6 is 15.9 Å². The highest BCUT2D eigenvalue weighted by atomic mass is 127. The van der Waals surface area contributed by atoms with E-state index >= 15 is 0 Å². The zero-order valence-corrected chi connectivity index (χ0v) is 14.3. The summed E-state index contributed by atoms with van der Waals surface area (Å²) >= 11 is 3.49. The predicted octanol–water partition coefficient (Wildman–Crippen LogP) is 0.822. The monoisotopic (exact) mass is 391 g/mol. The molecule has 15 heavy (non-hydrogen) atoms. The molecule has 0 unspecified atom stereocenters. The molecule has 0 saturated heterocycles. The molecule has 0 bridgehead atoms. The molecule has 0 atom stereocenters. The van der Waals surface area contributed by atoms with Crippen LogP contribution in [0.15, 0.2) is 0 Å². The fraction of sp³-hybridized carbons (Fsp3) is 1.00. The smallest absolute Gasteiger partial charge is 0.0790 e. The second-order valence-electron chi connectivity index (χ2n) is 4.84. The summed E-state index contributed by atoms with van der Waals surface area (Å²) in [5.74, 6) is 0. The first-order valence-corrected chi connectivity index (χ1v) is 7.12. The quantitative estimate of drug-likeness (QED) is 0.236. The van der Waals surface area contributed by atoms with Gasteiger partial charge in [0.15, 0.2) is 0 Å². The maximum absolute atomic E-state index is 3.49. The fourth-order valence-corrected chi connectivity index (χ4v) is 1.99. The Bertz CT molecular complexity index is 129. The zero-order valence-electron chi connectivity index (χ0n) is 10.6. The van der Waals surface area contributed by atoms with Crippen LogP contribution < -0.4 is 24.0 Å². The van der Waals surface area contributed by atoms with E-state index in [4.69, 9.17) is 0 Å². The van der Waals surface area contributed by atoms with Crippen molar-refractivity contribution in [3.8, 4) is 0 Å². The Hall–Kier alpha value is 1.17. The summed E-state index contributed by atoms with van der Waals surface area (Å²) in [7, 11) is 4.70. The number of quaternary nitrogens is 1. The molecule has 0 aromatic heterocycles. The van der Waals surface area contributed by atoms with Crippen LogP contribution in [-0.2, 0) is 0 Å². The van der Waals surface area contributed by atoms with E-state index in [1.54, 1.807) is 0 Å². The molecule has 3 heteroatoms. The number of hydrogen-bond donors (Lipinski definition) is 0. The van der Waals surface area contributed by atoms with Crippen LogP contribution in [-0.4, -0.2) is 37.0 Å². The molecule has 0 radical (unpaired) electrons. The number of alkyl halides is 1. The molecule has 0 aromatic carbocycles. The molecule has 1 nitrogen and oxygen atoms in total. The van der Waals surface area contributed by atoms with E-state index < -0.39 is 0 Å². The summed E-state index contributed by atoms with van der Waals surface area (Å²) in [6.45, 7) is 4.92. The Morgan fingerprint density at radius 3 is 1.93 bits per heavy atom. The van der Waals surface area contributed by atoms with Crippen molar-refractivity contribution in [1.82, 2.24) is 0 Å². The number of unbranched alkanes of at least 4 members (excludes halogenated alkanes) is 4. The van der Waals surface area contributed by atoms with Gasteiger partial charge in [0.2, 0.25) is 0 Å². The summed E-state index contributed by atoms with van der Waals surface area (Å²) in [6, 6.07) is 0. The third-order valence-electron chi connectivity index (χ3n) is 2.76. The minimum atomic E-state index is 0. The summed E-state index contributed by atoms with van der Waals surface area (Å²) in [5, 5.41) is 1.14. The van der Waals surface area contributed by atoms with Crippen LogP contribution in [0, 0.1) is 0 Å². The predicted molar refractivity (Wildman–Crippen MR) is 69.0 cm³/mol. The van der Waals surface area contributed by atoms with Crippen LogP contribution in [0.4, 0.5) is 0 Å². The molecule has 0 aliphatic carbocycles. The van der Waals surface area contributed by atoms with Gasteiger partial charge in [-0.3, -0.25) is 0 Å². The van der Waals surface area contributed by atoms with Crippen LogP contribution in [0.25, 0.3) is 0 Å². The first-order valence-electron chi connectivity index (χ1n) is 6.00. The van der Waals surface area contributed by atoms with Crippen LogP contribution in [0.5, 0.6) is 0 Å². The SMILES string of the molecule is CCCCCCC[N+](C)(C)CCCBr.[I-]. The van der Waals surface area contributed by atoms with Gasteiger partial charge in [0, 0.05) is 11.8 Å². The van der Waals surface area contributed by atoms with Gasteiger partial charge in [-0.1, -0.05) is 42.1 Å². The van der Waals surface area contributed by atoms with Gasteiger partial charge < -0.3 is 28.5 Å². The zero-order chi connectivity index (χ0) is 10.9. The van der Waals surface area contributed by atoms with Crippen molar-refractivity contribution >= 4 is 15.9 Å². The van der Waals surface area contributed by atoms with E-state index in [-0.39, 0.29) is 24.0 Å². The molecule has 0 spiro atoms. The topological polar surface area (TPSA) is 0 Å².